The van der Waals surface area contributed by atoms with E-state index in [1.54, 1.807) is 12.1 Å². The standard InChI is InChI=1S/C18H32BrNO3S2/c1-3-5-7-9-11-15(10-8-6-4-2)16(14-21)20-25(22,23)18-13-12-17(19)24-18/h12-13,15-16,20-21H,3-11,14H2,1-2H3. The summed E-state index contributed by atoms with van der Waals surface area (Å²) in [7, 11) is -3.58. The third-order valence-electron chi connectivity index (χ3n) is 4.49. The maximum Gasteiger partial charge on any atom is 0.250 e. The monoisotopic (exact) mass is 453 g/mol. The lowest BCUT2D eigenvalue weighted by molar-refractivity contribution is 0.198. The Kier molecular flexibility index (Phi) is 11.5. The third kappa shape index (κ3) is 8.52. The minimum absolute atomic E-state index is 0.156. The predicted octanol–water partition coefficient (Wildman–Crippen LogP) is 5.32. The van der Waals surface area contributed by atoms with Gasteiger partial charge in [0.1, 0.15) is 4.21 Å². The summed E-state index contributed by atoms with van der Waals surface area (Å²) < 4.78 is 29.0. The van der Waals surface area contributed by atoms with Gasteiger partial charge in [0.15, 0.2) is 0 Å². The maximum atomic E-state index is 12.6. The lowest BCUT2D eigenvalue weighted by atomic mass is 9.89. The average molecular weight is 454 g/mol. The van der Waals surface area contributed by atoms with Crippen molar-refractivity contribution in [1.82, 2.24) is 4.72 Å². The average Bonchev–Trinajstić information content (AvgIpc) is 3.02. The van der Waals surface area contributed by atoms with Crippen molar-refractivity contribution in [1.29, 1.82) is 0 Å². The number of halogens is 1. The van der Waals surface area contributed by atoms with E-state index in [1.165, 1.54) is 30.6 Å². The van der Waals surface area contributed by atoms with E-state index >= 15 is 0 Å². The van der Waals surface area contributed by atoms with Gasteiger partial charge >= 0.3 is 0 Å². The first kappa shape index (κ1) is 23.1. The quantitative estimate of drug-likeness (QED) is 0.374. The van der Waals surface area contributed by atoms with E-state index in [-0.39, 0.29) is 16.7 Å². The third-order valence-corrected chi connectivity index (χ3v) is 8.10. The molecule has 1 heterocycles. The number of aliphatic hydroxyl groups excluding tert-OH is 1. The van der Waals surface area contributed by atoms with E-state index < -0.39 is 16.1 Å². The first-order valence-corrected chi connectivity index (χ1v) is 12.4. The Labute approximate surface area is 165 Å². The van der Waals surface area contributed by atoms with Crippen molar-refractivity contribution < 1.29 is 13.5 Å². The zero-order chi connectivity index (χ0) is 18.7. The molecule has 0 radical (unpaired) electrons. The Bertz CT molecular complexity index is 575. The number of rotatable bonds is 14. The van der Waals surface area contributed by atoms with Crippen LogP contribution in [0, 0.1) is 5.92 Å². The summed E-state index contributed by atoms with van der Waals surface area (Å²) in [6, 6.07) is 2.92. The Balaban J connectivity index is 2.75. The molecule has 0 aliphatic heterocycles. The van der Waals surface area contributed by atoms with Crippen molar-refractivity contribution in [3.8, 4) is 0 Å². The van der Waals surface area contributed by atoms with Crippen LogP contribution in [0.25, 0.3) is 0 Å². The lowest BCUT2D eigenvalue weighted by Gasteiger charge is -2.26. The van der Waals surface area contributed by atoms with E-state index in [2.05, 4.69) is 34.5 Å². The highest BCUT2D eigenvalue weighted by molar-refractivity contribution is 9.11. The van der Waals surface area contributed by atoms with E-state index in [0.717, 1.165) is 42.3 Å². The smallest absolute Gasteiger partial charge is 0.250 e. The van der Waals surface area contributed by atoms with Crippen LogP contribution in [0.1, 0.15) is 71.6 Å². The molecule has 0 saturated carbocycles. The second-order valence-electron chi connectivity index (χ2n) is 6.57. The van der Waals surface area contributed by atoms with Crippen molar-refractivity contribution in [2.45, 2.75) is 81.9 Å². The Morgan fingerprint density at radius 2 is 1.68 bits per heavy atom. The first-order chi connectivity index (χ1) is 11.9. The number of sulfonamides is 1. The van der Waals surface area contributed by atoms with Crippen molar-refractivity contribution in [3.63, 3.8) is 0 Å². The van der Waals surface area contributed by atoms with Gasteiger partial charge < -0.3 is 5.11 Å². The molecule has 0 bridgehead atoms. The van der Waals surface area contributed by atoms with Gasteiger partial charge in [-0.15, -0.1) is 11.3 Å². The fraction of sp³-hybridized carbons (Fsp3) is 0.778. The van der Waals surface area contributed by atoms with Gasteiger partial charge in [-0.05, 0) is 46.8 Å². The fourth-order valence-corrected chi connectivity index (χ4v) is 6.34. The second kappa shape index (κ2) is 12.4. The largest absolute Gasteiger partial charge is 0.395 e. The zero-order valence-corrected chi connectivity index (χ0v) is 18.6. The lowest BCUT2D eigenvalue weighted by Crippen LogP contribution is -2.42. The molecule has 0 amide bonds. The summed E-state index contributed by atoms with van der Waals surface area (Å²) >= 11 is 4.49. The molecular formula is C18H32BrNO3S2. The van der Waals surface area contributed by atoms with Gasteiger partial charge in [-0.25, -0.2) is 13.1 Å². The van der Waals surface area contributed by atoms with Gasteiger partial charge in [0.05, 0.1) is 10.4 Å². The van der Waals surface area contributed by atoms with Gasteiger partial charge in [-0.1, -0.05) is 58.8 Å². The van der Waals surface area contributed by atoms with Crippen LogP contribution in [0.5, 0.6) is 0 Å². The van der Waals surface area contributed by atoms with Crippen LogP contribution in [0.2, 0.25) is 0 Å². The molecule has 25 heavy (non-hydrogen) atoms. The molecule has 146 valence electrons. The molecule has 4 nitrogen and oxygen atoms in total. The minimum Gasteiger partial charge on any atom is -0.395 e. The minimum atomic E-state index is -3.58. The summed E-state index contributed by atoms with van der Waals surface area (Å²) in [5.41, 5.74) is 0. The Morgan fingerprint density at radius 1 is 1.08 bits per heavy atom. The molecule has 0 aliphatic rings. The van der Waals surface area contributed by atoms with E-state index in [4.69, 9.17) is 0 Å². The van der Waals surface area contributed by atoms with Crippen molar-refractivity contribution in [3.05, 3.63) is 15.9 Å². The number of unbranched alkanes of at least 4 members (excludes halogenated alkanes) is 5. The number of aliphatic hydroxyl groups is 1. The van der Waals surface area contributed by atoms with Crippen molar-refractivity contribution in [2.24, 2.45) is 5.92 Å². The summed E-state index contributed by atoms with van der Waals surface area (Å²) in [6.45, 7) is 4.19. The molecule has 0 saturated heterocycles. The molecular weight excluding hydrogens is 422 g/mol. The first-order valence-electron chi connectivity index (χ1n) is 9.33. The van der Waals surface area contributed by atoms with Crippen LogP contribution >= 0.6 is 27.3 Å². The summed E-state index contributed by atoms with van der Waals surface area (Å²) in [6.07, 6.45) is 9.95. The molecule has 1 aromatic heterocycles. The SMILES string of the molecule is CCCCCCC(CCCCC)C(CO)NS(=O)(=O)c1ccc(Br)s1. The molecule has 1 rings (SSSR count). The van der Waals surface area contributed by atoms with E-state index in [9.17, 15) is 13.5 Å². The van der Waals surface area contributed by atoms with E-state index in [1.807, 2.05) is 0 Å². The Hall–Kier alpha value is 0.0500. The molecule has 0 spiro atoms. The van der Waals surface area contributed by atoms with Gasteiger partial charge in [0, 0.05) is 6.04 Å². The maximum absolute atomic E-state index is 12.6. The number of hydrogen-bond acceptors (Lipinski definition) is 4. The molecule has 1 aromatic rings. The zero-order valence-electron chi connectivity index (χ0n) is 15.3. The molecule has 2 atom stereocenters. The molecule has 0 aromatic carbocycles. The van der Waals surface area contributed by atoms with Crippen molar-refractivity contribution in [2.75, 3.05) is 6.61 Å². The summed E-state index contributed by atoms with van der Waals surface area (Å²) in [5.74, 6) is 0.187. The van der Waals surface area contributed by atoms with Gasteiger partial charge in [0.25, 0.3) is 0 Å². The van der Waals surface area contributed by atoms with E-state index in [0.29, 0.717) is 0 Å². The summed E-state index contributed by atoms with van der Waals surface area (Å²) in [4.78, 5) is 0. The summed E-state index contributed by atoms with van der Waals surface area (Å²) in [5, 5.41) is 9.84. The Morgan fingerprint density at radius 3 is 2.20 bits per heavy atom. The van der Waals surface area contributed by atoms with Crippen LogP contribution < -0.4 is 4.72 Å². The molecule has 7 heteroatoms. The molecule has 2 unspecified atom stereocenters. The highest BCUT2D eigenvalue weighted by atomic mass is 79.9. The van der Waals surface area contributed by atoms with Crippen LogP contribution in [-0.2, 0) is 10.0 Å². The van der Waals surface area contributed by atoms with Crippen LogP contribution in [0.3, 0.4) is 0 Å². The number of nitrogens with one attached hydrogen (secondary N) is 1. The van der Waals surface area contributed by atoms with Crippen LogP contribution in [0.4, 0.5) is 0 Å². The topological polar surface area (TPSA) is 66.4 Å². The molecule has 2 N–H and O–H groups in total. The highest BCUT2D eigenvalue weighted by Crippen LogP contribution is 2.28. The molecule has 0 fully saturated rings. The van der Waals surface area contributed by atoms with Crippen LogP contribution in [0.15, 0.2) is 20.1 Å². The number of thiophene rings is 1. The predicted molar refractivity (Wildman–Crippen MR) is 110 cm³/mol. The van der Waals surface area contributed by atoms with Crippen molar-refractivity contribution >= 4 is 37.3 Å². The second-order valence-corrected chi connectivity index (χ2v) is 11.0. The van der Waals surface area contributed by atoms with Gasteiger partial charge in [-0.2, -0.15) is 0 Å². The molecule has 0 aliphatic carbocycles. The van der Waals surface area contributed by atoms with Gasteiger partial charge in [0.2, 0.25) is 10.0 Å². The number of hydrogen-bond donors (Lipinski definition) is 2. The fourth-order valence-electron chi connectivity index (χ4n) is 3.02. The normalized spacial score (nSPS) is 14.6. The highest BCUT2D eigenvalue weighted by Gasteiger charge is 2.27. The van der Waals surface area contributed by atoms with Crippen LogP contribution in [-0.4, -0.2) is 26.2 Å². The van der Waals surface area contributed by atoms with Gasteiger partial charge in [-0.3, -0.25) is 0 Å².